The van der Waals surface area contributed by atoms with Gasteiger partial charge in [0.2, 0.25) is 5.56 Å². The highest BCUT2D eigenvalue weighted by Crippen LogP contribution is 2.27. The molecule has 0 saturated carbocycles. The molecular weight excluding hydrogens is 432 g/mol. The molecule has 0 amide bonds. The number of rotatable bonds is 5. The van der Waals surface area contributed by atoms with Crippen LogP contribution in [-0.4, -0.2) is 58.4 Å². The van der Waals surface area contributed by atoms with Gasteiger partial charge in [-0.2, -0.15) is 4.31 Å². The van der Waals surface area contributed by atoms with Crippen LogP contribution in [0, 0.1) is 0 Å². The van der Waals surface area contributed by atoms with Gasteiger partial charge in [-0.05, 0) is 30.3 Å². The maximum atomic E-state index is 12.7. The maximum absolute atomic E-state index is 12.7. The summed E-state index contributed by atoms with van der Waals surface area (Å²) in [4.78, 5) is 22.9. The van der Waals surface area contributed by atoms with Crippen molar-refractivity contribution in [2.75, 3.05) is 31.6 Å². The highest BCUT2D eigenvalue weighted by atomic mass is 32.2. The molecule has 0 aliphatic carbocycles. The number of nitrogens with zero attached hydrogens (tertiary/aromatic N) is 4. The van der Waals surface area contributed by atoms with Gasteiger partial charge < -0.3 is 15.0 Å². The first-order valence-electron chi connectivity index (χ1n) is 9.98. The van der Waals surface area contributed by atoms with Crippen LogP contribution < -0.4 is 10.9 Å². The summed E-state index contributed by atoms with van der Waals surface area (Å²) < 4.78 is 34.0. The molecule has 5 rings (SSSR count). The summed E-state index contributed by atoms with van der Waals surface area (Å²) in [6.07, 6.45) is 6.57. The lowest BCUT2D eigenvalue weighted by Gasteiger charge is -2.25. The molecule has 32 heavy (non-hydrogen) atoms. The standard InChI is InChI=1S/C21H20N6O4S.H2/c28-19-13-15(5-6-22-19)18-3-2-17(21-23-7-8-27(18)21)25-16-1-4-20(24-14-16)32(29,30)26-9-11-31-12-10-26;/h1-8,13-14,25H,9-12H2,(H,22,28);1H. The highest BCUT2D eigenvalue weighted by Gasteiger charge is 2.27. The molecular formula is C21H22N6O4S. The minimum atomic E-state index is -3.65. The predicted molar refractivity (Wildman–Crippen MR) is 120 cm³/mol. The molecule has 0 unspecified atom stereocenters. The number of H-pyrrole nitrogens is 1. The summed E-state index contributed by atoms with van der Waals surface area (Å²) in [5.41, 5.74) is 3.40. The van der Waals surface area contributed by atoms with Crippen molar-refractivity contribution in [1.82, 2.24) is 23.7 Å². The van der Waals surface area contributed by atoms with Gasteiger partial charge in [0, 0.05) is 44.7 Å². The topological polar surface area (TPSA) is 122 Å². The molecule has 11 heteroatoms. The van der Waals surface area contributed by atoms with E-state index in [1.165, 1.54) is 22.6 Å². The summed E-state index contributed by atoms with van der Waals surface area (Å²) in [6, 6.07) is 10.2. The molecule has 1 saturated heterocycles. The largest absolute Gasteiger partial charge is 0.379 e. The molecule has 2 N–H and O–H groups in total. The monoisotopic (exact) mass is 454 g/mol. The number of aromatic nitrogens is 4. The molecule has 0 atom stereocenters. The summed E-state index contributed by atoms with van der Waals surface area (Å²) in [5.74, 6) is 0. The number of pyridine rings is 3. The van der Waals surface area contributed by atoms with E-state index in [0.29, 0.717) is 43.3 Å². The lowest BCUT2D eigenvalue weighted by Crippen LogP contribution is -2.40. The molecule has 10 nitrogen and oxygen atoms in total. The number of aromatic amines is 1. The predicted octanol–water partition coefficient (Wildman–Crippen LogP) is 2.10. The second-order valence-corrected chi connectivity index (χ2v) is 9.11. The Hall–Kier alpha value is -3.54. The number of morpholine rings is 1. The fraction of sp³-hybridized carbons (Fsp3) is 0.190. The Morgan fingerprint density at radius 2 is 1.94 bits per heavy atom. The Morgan fingerprint density at radius 3 is 2.69 bits per heavy atom. The summed E-state index contributed by atoms with van der Waals surface area (Å²) in [7, 11) is -3.65. The average molecular weight is 455 g/mol. The van der Waals surface area contributed by atoms with E-state index in [-0.39, 0.29) is 12.0 Å². The van der Waals surface area contributed by atoms with Crippen LogP contribution in [-0.2, 0) is 14.8 Å². The molecule has 4 aromatic rings. The first-order valence-corrected chi connectivity index (χ1v) is 11.4. The minimum Gasteiger partial charge on any atom is -0.379 e. The minimum absolute atomic E-state index is 0. The number of hydrogen-bond donors (Lipinski definition) is 2. The van der Waals surface area contributed by atoms with Crippen LogP contribution in [0.4, 0.5) is 11.4 Å². The number of ether oxygens (including phenoxy) is 1. The first-order chi connectivity index (χ1) is 15.5. The third kappa shape index (κ3) is 3.77. The molecule has 4 aromatic heterocycles. The second-order valence-electron chi connectivity index (χ2n) is 7.22. The van der Waals surface area contributed by atoms with Crippen LogP contribution in [0.5, 0.6) is 0 Å². The fourth-order valence-corrected chi connectivity index (χ4v) is 4.95. The van der Waals surface area contributed by atoms with Crippen molar-refractivity contribution in [3.05, 3.63) is 71.5 Å². The summed E-state index contributed by atoms with van der Waals surface area (Å²) in [5, 5.41) is 3.24. The number of imidazole rings is 1. The summed E-state index contributed by atoms with van der Waals surface area (Å²) in [6.45, 7) is 1.40. The Kier molecular flexibility index (Phi) is 5.21. The van der Waals surface area contributed by atoms with Crippen molar-refractivity contribution < 1.29 is 14.6 Å². The molecule has 1 aliphatic heterocycles. The zero-order chi connectivity index (χ0) is 22.1. The van der Waals surface area contributed by atoms with E-state index in [9.17, 15) is 13.2 Å². The van der Waals surface area contributed by atoms with Crippen molar-refractivity contribution in [3.8, 4) is 11.3 Å². The van der Waals surface area contributed by atoms with Gasteiger partial charge >= 0.3 is 0 Å². The Labute approximate surface area is 185 Å². The maximum Gasteiger partial charge on any atom is 0.260 e. The molecule has 1 aliphatic rings. The number of nitrogens with one attached hydrogen (secondary N) is 2. The number of sulfonamides is 1. The third-order valence-electron chi connectivity index (χ3n) is 5.21. The van der Waals surface area contributed by atoms with Gasteiger partial charge in [0.15, 0.2) is 10.7 Å². The second kappa shape index (κ2) is 8.19. The van der Waals surface area contributed by atoms with Crippen LogP contribution in [0.3, 0.4) is 0 Å². The smallest absolute Gasteiger partial charge is 0.260 e. The van der Waals surface area contributed by atoms with Crippen molar-refractivity contribution in [1.29, 1.82) is 0 Å². The van der Waals surface area contributed by atoms with Crippen molar-refractivity contribution in [3.63, 3.8) is 0 Å². The van der Waals surface area contributed by atoms with Crippen LogP contribution >= 0.6 is 0 Å². The van der Waals surface area contributed by atoms with E-state index < -0.39 is 10.0 Å². The number of hydrogen-bond acceptors (Lipinski definition) is 7. The quantitative estimate of drug-likeness (QED) is 0.474. The molecule has 0 aromatic carbocycles. The Morgan fingerprint density at radius 1 is 1.09 bits per heavy atom. The highest BCUT2D eigenvalue weighted by molar-refractivity contribution is 7.89. The van der Waals surface area contributed by atoms with Gasteiger partial charge in [-0.15, -0.1) is 0 Å². The van der Waals surface area contributed by atoms with Crippen LogP contribution in [0.2, 0.25) is 0 Å². The first kappa shape index (κ1) is 20.4. The normalized spacial score (nSPS) is 15.1. The van der Waals surface area contributed by atoms with Gasteiger partial charge in [-0.3, -0.25) is 9.20 Å². The van der Waals surface area contributed by atoms with Crippen molar-refractivity contribution in [2.24, 2.45) is 0 Å². The van der Waals surface area contributed by atoms with E-state index >= 15 is 0 Å². The van der Waals surface area contributed by atoms with Crippen molar-refractivity contribution >= 4 is 27.0 Å². The lowest BCUT2D eigenvalue weighted by atomic mass is 10.1. The SMILES string of the molecule is O=c1cc(-c2ccc(Nc3ccc(S(=O)(=O)N4CCOCC4)nc3)c3nccn23)cc[nH]1.[HH]. The van der Waals surface area contributed by atoms with Gasteiger partial charge in [-0.25, -0.2) is 18.4 Å². The number of fused-ring (bicyclic) bond motifs is 1. The number of anilines is 2. The van der Waals surface area contributed by atoms with Gasteiger partial charge in [0.1, 0.15) is 0 Å². The Balaban J connectivity index is 0.00000259. The van der Waals surface area contributed by atoms with Gasteiger partial charge in [0.25, 0.3) is 10.0 Å². The van der Waals surface area contributed by atoms with E-state index in [1.807, 2.05) is 28.8 Å². The van der Waals surface area contributed by atoms with Crippen LogP contribution in [0.15, 0.2) is 71.0 Å². The zero-order valence-corrected chi connectivity index (χ0v) is 17.7. The molecule has 0 spiro atoms. The molecule has 0 bridgehead atoms. The fourth-order valence-electron chi connectivity index (χ4n) is 3.63. The van der Waals surface area contributed by atoms with Gasteiger partial charge in [0.05, 0.1) is 36.5 Å². The van der Waals surface area contributed by atoms with E-state index in [0.717, 1.165) is 11.3 Å². The molecule has 5 heterocycles. The molecule has 1 fully saturated rings. The van der Waals surface area contributed by atoms with E-state index in [2.05, 4.69) is 20.3 Å². The van der Waals surface area contributed by atoms with Gasteiger partial charge in [-0.1, -0.05) is 0 Å². The average Bonchev–Trinajstić information content (AvgIpc) is 3.31. The molecule has 0 radical (unpaired) electrons. The molecule has 166 valence electrons. The zero-order valence-electron chi connectivity index (χ0n) is 16.9. The van der Waals surface area contributed by atoms with E-state index in [1.54, 1.807) is 18.5 Å². The third-order valence-corrected chi connectivity index (χ3v) is 7.02. The van der Waals surface area contributed by atoms with Crippen LogP contribution in [0.1, 0.15) is 1.43 Å². The van der Waals surface area contributed by atoms with Crippen molar-refractivity contribution in [2.45, 2.75) is 5.03 Å². The lowest BCUT2D eigenvalue weighted by molar-refractivity contribution is 0.0729. The summed E-state index contributed by atoms with van der Waals surface area (Å²) >= 11 is 0. The Bertz CT molecular complexity index is 1430. The van der Waals surface area contributed by atoms with E-state index in [4.69, 9.17) is 4.74 Å². The van der Waals surface area contributed by atoms with Crippen LogP contribution in [0.25, 0.3) is 16.9 Å².